The average Bonchev–Trinajstić information content (AvgIpc) is 3.31. The molecule has 1 rings (SSSR count). The average molecular weight is 711 g/mol. The van der Waals surface area contributed by atoms with Crippen molar-refractivity contribution in [3.63, 3.8) is 0 Å². The number of thioether (sulfide) groups is 1. The molecule has 0 aromatic heterocycles. The minimum absolute atomic E-state index is 0.0346. The Morgan fingerprint density at radius 3 is 2.10 bits per heavy atom. The Hall–Kier alpha value is -3.03. The molecule has 1 heterocycles. The zero-order chi connectivity index (χ0) is 37.5. The zero-order valence-electron chi connectivity index (χ0n) is 31.2. The number of rotatable bonds is 25. The second-order valence-electron chi connectivity index (χ2n) is 13.9. The Kier molecular flexibility index (Phi) is 22.7. The summed E-state index contributed by atoms with van der Waals surface area (Å²) in [6, 6.07) is 0. The molecule has 1 aliphatic rings. The summed E-state index contributed by atoms with van der Waals surface area (Å²) in [5.41, 5.74) is -1.71. The van der Waals surface area contributed by atoms with Gasteiger partial charge in [0.2, 0.25) is 17.7 Å². The van der Waals surface area contributed by atoms with Crippen LogP contribution in [0.5, 0.6) is 0 Å². The van der Waals surface area contributed by atoms with Gasteiger partial charge >= 0.3 is 0 Å². The first-order valence-corrected chi connectivity index (χ1v) is 18.3. The maximum absolute atomic E-state index is 12.8. The van der Waals surface area contributed by atoms with E-state index in [1.54, 1.807) is 24.8 Å². The molecule has 0 aliphatic carbocycles. The lowest BCUT2D eigenvalue weighted by Crippen LogP contribution is -2.47. The van der Waals surface area contributed by atoms with Crippen LogP contribution in [0.4, 0.5) is 0 Å². The summed E-state index contributed by atoms with van der Waals surface area (Å²) < 4.78 is 11.8. The van der Waals surface area contributed by atoms with Gasteiger partial charge in [0.15, 0.2) is 0 Å². The van der Waals surface area contributed by atoms with Crippen LogP contribution in [-0.4, -0.2) is 102 Å². The molecule has 0 bridgehead atoms. The van der Waals surface area contributed by atoms with Gasteiger partial charge in [-0.15, -0.1) is 6.58 Å². The molecule has 0 saturated carbocycles. The van der Waals surface area contributed by atoms with E-state index in [0.29, 0.717) is 58.6 Å². The lowest BCUT2D eigenvalue weighted by Gasteiger charge is -2.29. The highest BCUT2D eigenvalue weighted by atomic mass is 32.2. The van der Waals surface area contributed by atoms with Crippen molar-refractivity contribution in [2.24, 2.45) is 5.41 Å². The number of hydrogen-bond acceptors (Lipinski definition) is 9. The first kappa shape index (κ1) is 46.0. The molecule has 0 unspecified atom stereocenters. The molecule has 0 atom stereocenters. The summed E-state index contributed by atoms with van der Waals surface area (Å²) in [5, 5.41) is 8.71. The summed E-state index contributed by atoms with van der Waals surface area (Å²) >= 11 is 1.74. The van der Waals surface area contributed by atoms with E-state index in [1.165, 1.54) is 12.2 Å². The minimum Gasteiger partial charge on any atom is -0.379 e. The highest BCUT2D eigenvalue weighted by molar-refractivity contribution is 7.99. The van der Waals surface area contributed by atoms with Crippen molar-refractivity contribution in [2.75, 3.05) is 51.0 Å². The number of nitrogens with one attached hydrogen (secondary N) is 3. The van der Waals surface area contributed by atoms with Gasteiger partial charge in [-0.2, -0.15) is 11.8 Å². The molecule has 0 aromatic carbocycles. The van der Waals surface area contributed by atoms with E-state index in [1.807, 2.05) is 48.5 Å². The van der Waals surface area contributed by atoms with Crippen LogP contribution in [0, 0.1) is 5.41 Å². The van der Waals surface area contributed by atoms with Crippen LogP contribution in [0.15, 0.2) is 24.8 Å². The van der Waals surface area contributed by atoms with Gasteiger partial charge in [-0.25, -0.2) is 0 Å². The molecule has 0 spiro atoms. The van der Waals surface area contributed by atoms with Gasteiger partial charge in [0.25, 0.3) is 11.8 Å². The van der Waals surface area contributed by atoms with E-state index in [9.17, 15) is 28.8 Å². The number of nitrogens with zero attached hydrogens (tertiary/aromatic N) is 1. The Labute approximate surface area is 298 Å². The Balaban J connectivity index is 0.00000738. The molecular weight excluding hydrogens is 648 g/mol. The summed E-state index contributed by atoms with van der Waals surface area (Å²) in [6.45, 7) is 20.4. The van der Waals surface area contributed by atoms with Crippen molar-refractivity contribution in [1.29, 1.82) is 0 Å². The summed E-state index contributed by atoms with van der Waals surface area (Å²) in [7, 11) is 0. The van der Waals surface area contributed by atoms with Crippen LogP contribution in [0.3, 0.4) is 0 Å². The fraction of sp³-hybridized carbons (Fsp3) is 0.722. The van der Waals surface area contributed by atoms with Gasteiger partial charge in [0.1, 0.15) is 5.78 Å². The number of hydrogen-bond donors (Lipinski definition) is 3. The van der Waals surface area contributed by atoms with Crippen LogP contribution < -0.4 is 16.0 Å². The van der Waals surface area contributed by atoms with E-state index in [2.05, 4.69) is 22.5 Å². The normalized spacial score (nSPS) is 13.1. The molecule has 280 valence electrons. The third-order valence-electron chi connectivity index (χ3n) is 7.33. The van der Waals surface area contributed by atoms with Crippen molar-refractivity contribution >= 4 is 47.1 Å². The van der Waals surface area contributed by atoms with E-state index in [-0.39, 0.29) is 42.9 Å². The van der Waals surface area contributed by atoms with E-state index >= 15 is 0 Å². The second-order valence-corrected chi connectivity index (χ2v) is 15.1. The van der Waals surface area contributed by atoms with Crippen molar-refractivity contribution in [2.45, 2.75) is 111 Å². The molecule has 3 N–H and O–H groups in total. The Morgan fingerprint density at radius 2 is 1.49 bits per heavy atom. The number of allylic oxidation sites excluding steroid dienone is 1. The molecule has 12 nitrogen and oxygen atoms in total. The minimum atomic E-state index is -0.670. The van der Waals surface area contributed by atoms with Gasteiger partial charge in [0.05, 0.1) is 17.7 Å². The fourth-order valence-corrected chi connectivity index (χ4v) is 5.26. The fourth-order valence-electron chi connectivity index (χ4n) is 4.30. The smallest absolute Gasteiger partial charge is 0.253 e. The topological polar surface area (TPSA) is 160 Å². The summed E-state index contributed by atoms with van der Waals surface area (Å²) in [4.78, 5) is 72.5. The molecule has 0 radical (unpaired) electrons. The summed E-state index contributed by atoms with van der Waals surface area (Å²) in [6.07, 6.45) is 7.49. The Morgan fingerprint density at radius 1 is 0.857 bits per heavy atom. The third-order valence-corrected chi connectivity index (χ3v) is 8.40. The first-order valence-electron chi connectivity index (χ1n) is 17.1. The van der Waals surface area contributed by atoms with Crippen molar-refractivity contribution in [3.8, 4) is 0 Å². The van der Waals surface area contributed by atoms with Crippen molar-refractivity contribution in [3.05, 3.63) is 24.8 Å². The monoisotopic (exact) mass is 710 g/mol. The third kappa shape index (κ3) is 23.1. The number of ether oxygens (including phenoxy) is 2. The van der Waals surface area contributed by atoms with Crippen LogP contribution >= 0.6 is 11.8 Å². The quantitative estimate of drug-likeness (QED) is 0.0720. The predicted octanol–water partition coefficient (Wildman–Crippen LogP) is 4.12. The number of Topliss-reactive ketones (excluding diaryl/α,β-unsaturated/α-hetero) is 1. The number of carbonyl (C=O) groups excluding carboxylic acids is 6. The SMILES string of the molecule is C=CC.CC(=O)CCSCCCOCC(C)(C)NC(=O)CCCNC(=O)C(C)(C)CCOC(C)(C)CCNC(=O)CCN1C(=O)C=CC1=O. The van der Waals surface area contributed by atoms with Gasteiger partial charge in [-0.1, -0.05) is 19.9 Å². The van der Waals surface area contributed by atoms with Crippen LogP contribution in [-0.2, 0) is 38.2 Å². The molecule has 1 aliphatic heterocycles. The number of amides is 5. The highest BCUT2D eigenvalue weighted by Gasteiger charge is 2.29. The molecule has 0 saturated heterocycles. The lowest BCUT2D eigenvalue weighted by molar-refractivity contribution is -0.137. The van der Waals surface area contributed by atoms with Crippen molar-refractivity contribution in [1.82, 2.24) is 20.9 Å². The van der Waals surface area contributed by atoms with Crippen LogP contribution in [0.1, 0.15) is 100 Å². The second kappa shape index (κ2) is 24.2. The summed E-state index contributed by atoms with van der Waals surface area (Å²) in [5.74, 6) is 0.703. The largest absolute Gasteiger partial charge is 0.379 e. The van der Waals surface area contributed by atoms with Gasteiger partial charge in [-0.05, 0) is 73.0 Å². The maximum atomic E-state index is 12.8. The molecule has 13 heteroatoms. The molecular formula is C36H62N4O8S. The van der Waals surface area contributed by atoms with Gasteiger partial charge in [0, 0.05) is 75.4 Å². The standard InChI is InChI=1S/C33H56N4O8S.C3H6/c1-25(38)14-23-46-22-9-20-44-24-32(4,5)36-27(40)10-8-17-35-30(43)31(2,3)16-21-45-33(6,7)15-18-34-26(39)13-19-37-28(41)11-12-29(37)42;1-3-2/h11-12H,8-10,13-24H2,1-7H3,(H,34,39)(H,35,43)(H,36,40);3H,1H2,2H3. The molecule has 0 fully saturated rings. The number of ketones is 1. The molecule has 5 amide bonds. The maximum Gasteiger partial charge on any atom is 0.253 e. The van der Waals surface area contributed by atoms with E-state index in [0.717, 1.165) is 22.8 Å². The van der Waals surface area contributed by atoms with Crippen LogP contribution in [0.25, 0.3) is 0 Å². The Bertz CT molecular complexity index is 1100. The molecule has 49 heavy (non-hydrogen) atoms. The van der Waals surface area contributed by atoms with E-state index in [4.69, 9.17) is 9.47 Å². The zero-order valence-corrected chi connectivity index (χ0v) is 32.0. The number of carbonyl (C=O) groups is 6. The van der Waals surface area contributed by atoms with E-state index < -0.39 is 28.4 Å². The lowest BCUT2D eigenvalue weighted by atomic mass is 9.88. The predicted molar refractivity (Wildman–Crippen MR) is 195 cm³/mol. The van der Waals surface area contributed by atoms with Gasteiger partial charge < -0.3 is 25.4 Å². The van der Waals surface area contributed by atoms with Gasteiger partial charge in [-0.3, -0.25) is 33.7 Å². The number of imide groups is 1. The first-order chi connectivity index (χ1) is 22.9. The molecule has 0 aromatic rings. The highest BCUT2D eigenvalue weighted by Crippen LogP contribution is 2.23. The van der Waals surface area contributed by atoms with Crippen LogP contribution in [0.2, 0.25) is 0 Å². The van der Waals surface area contributed by atoms with Crippen molar-refractivity contribution < 1.29 is 38.2 Å².